The molecule has 0 unspecified atom stereocenters. The van der Waals surface area contributed by atoms with Gasteiger partial charge in [-0.2, -0.15) is 0 Å². The fourth-order valence-corrected chi connectivity index (χ4v) is 1.64. The van der Waals surface area contributed by atoms with E-state index in [2.05, 4.69) is 31.2 Å². The molecule has 0 aromatic heterocycles. The zero-order valence-corrected chi connectivity index (χ0v) is 7.30. The highest BCUT2D eigenvalue weighted by Crippen LogP contribution is 2.22. The van der Waals surface area contributed by atoms with Gasteiger partial charge in [0.25, 0.3) is 0 Å². The predicted octanol–water partition coefficient (Wildman–Crippen LogP) is 2.24. The number of hydrogen-bond donors (Lipinski definition) is 1. The quantitative estimate of drug-likeness (QED) is 0.617. The van der Waals surface area contributed by atoms with Crippen LogP contribution in [0.5, 0.6) is 0 Å². The summed E-state index contributed by atoms with van der Waals surface area (Å²) in [4.78, 5) is 0. The third kappa shape index (κ3) is 1.22. The van der Waals surface area contributed by atoms with E-state index in [-0.39, 0.29) is 0 Å². The first-order valence-corrected chi connectivity index (χ1v) is 4.31. The summed E-state index contributed by atoms with van der Waals surface area (Å²) in [6.07, 6.45) is 4.19. The molecule has 0 atom stereocenters. The lowest BCUT2D eigenvalue weighted by Crippen LogP contribution is -2.05. The van der Waals surface area contributed by atoms with Crippen LogP contribution in [-0.2, 0) is 6.42 Å². The summed E-state index contributed by atoms with van der Waals surface area (Å²) < 4.78 is 0. The maximum absolute atomic E-state index is 5.75. The highest BCUT2D eigenvalue weighted by molar-refractivity contribution is 5.59. The van der Waals surface area contributed by atoms with Crippen molar-refractivity contribution in [3.8, 4) is 0 Å². The van der Waals surface area contributed by atoms with Crippen molar-refractivity contribution in [2.45, 2.75) is 19.8 Å². The second kappa shape index (κ2) is 2.67. The number of fused-ring (bicyclic) bond motifs is 1. The second-order valence-corrected chi connectivity index (χ2v) is 3.42. The Kier molecular flexibility index (Phi) is 1.65. The van der Waals surface area contributed by atoms with Gasteiger partial charge in [0.1, 0.15) is 0 Å². The molecule has 0 fully saturated rings. The Morgan fingerprint density at radius 2 is 2.08 bits per heavy atom. The first-order chi connectivity index (χ1) is 5.75. The normalized spacial score (nSPS) is 15.2. The molecule has 1 heteroatoms. The molecule has 0 amide bonds. The average molecular weight is 159 g/mol. The molecule has 1 aromatic rings. The molecule has 62 valence electrons. The summed E-state index contributed by atoms with van der Waals surface area (Å²) in [7, 11) is 0. The molecule has 1 nitrogen and oxygen atoms in total. The Morgan fingerprint density at radius 3 is 2.92 bits per heavy atom. The maximum Gasteiger partial charge on any atom is 0.00899 e. The predicted molar refractivity (Wildman–Crippen MR) is 51.7 cm³/mol. The maximum atomic E-state index is 5.75. The Hall–Kier alpha value is -1.24. The fraction of sp³-hybridized carbons (Fsp3) is 0.273. The summed E-state index contributed by atoms with van der Waals surface area (Å²) in [5.41, 5.74) is 10.8. The van der Waals surface area contributed by atoms with Crippen molar-refractivity contribution >= 4 is 6.08 Å². The molecule has 2 N–H and O–H groups in total. The van der Waals surface area contributed by atoms with Crippen molar-refractivity contribution in [2.75, 3.05) is 0 Å². The Labute approximate surface area is 72.9 Å². The van der Waals surface area contributed by atoms with Crippen LogP contribution in [0.25, 0.3) is 6.08 Å². The minimum Gasteiger partial charge on any atom is -0.402 e. The van der Waals surface area contributed by atoms with Crippen LogP contribution in [0.2, 0.25) is 0 Å². The molecule has 0 saturated heterocycles. The second-order valence-electron chi connectivity index (χ2n) is 3.42. The van der Waals surface area contributed by atoms with E-state index >= 15 is 0 Å². The number of aryl methyl sites for hydroxylation is 2. The van der Waals surface area contributed by atoms with Gasteiger partial charge in [0, 0.05) is 5.70 Å². The van der Waals surface area contributed by atoms with Crippen molar-refractivity contribution in [2.24, 2.45) is 5.73 Å². The minimum atomic E-state index is 1.01. The van der Waals surface area contributed by atoms with Crippen LogP contribution in [0, 0.1) is 6.92 Å². The molecule has 0 heterocycles. The van der Waals surface area contributed by atoms with Crippen LogP contribution >= 0.6 is 0 Å². The van der Waals surface area contributed by atoms with Crippen molar-refractivity contribution in [3.63, 3.8) is 0 Å². The first kappa shape index (κ1) is 7.41. The van der Waals surface area contributed by atoms with Gasteiger partial charge in [0.15, 0.2) is 0 Å². The average Bonchev–Trinajstić information content (AvgIpc) is 2.05. The number of allylic oxidation sites excluding steroid dienone is 1. The molecular weight excluding hydrogens is 146 g/mol. The molecule has 1 aliphatic carbocycles. The Bertz CT molecular complexity index is 337. The Balaban J connectivity index is 2.51. The number of nitrogens with two attached hydrogens (primary N) is 1. The van der Waals surface area contributed by atoms with Gasteiger partial charge in [-0.05, 0) is 37.0 Å². The minimum absolute atomic E-state index is 1.01. The lowest BCUT2D eigenvalue weighted by Gasteiger charge is -2.13. The molecule has 1 aromatic carbocycles. The molecule has 0 bridgehead atoms. The van der Waals surface area contributed by atoms with E-state index in [1.54, 1.807) is 0 Å². The lowest BCUT2D eigenvalue weighted by atomic mass is 9.94. The van der Waals surface area contributed by atoms with Gasteiger partial charge in [-0.3, -0.25) is 0 Å². The summed E-state index contributed by atoms with van der Waals surface area (Å²) in [6, 6.07) is 6.53. The molecule has 0 radical (unpaired) electrons. The smallest absolute Gasteiger partial charge is 0.00899 e. The third-order valence-corrected chi connectivity index (χ3v) is 2.32. The molecule has 12 heavy (non-hydrogen) atoms. The van der Waals surface area contributed by atoms with E-state index in [1.165, 1.54) is 16.7 Å². The van der Waals surface area contributed by atoms with E-state index in [4.69, 9.17) is 5.73 Å². The largest absolute Gasteiger partial charge is 0.402 e. The topological polar surface area (TPSA) is 26.0 Å². The van der Waals surface area contributed by atoms with Gasteiger partial charge in [-0.15, -0.1) is 0 Å². The highest BCUT2D eigenvalue weighted by Gasteiger charge is 2.07. The zero-order valence-electron chi connectivity index (χ0n) is 7.30. The van der Waals surface area contributed by atoms with E-state index in [1.807, 2.05) is 0 Å². The molecule has 0 spiro atoms. The van der Waals surface area contributed by atoms with Crippen LogP contribution in [0.15, 0.2) is 23.9 Å². The van der Waals surface area contributed by atoms with E-state index in [0.717, 1.165) is 18.5 Å². The lowest BCUT2D eigenvalue weighted by molar-refractivity contribution is 0.912. The molecule has 0 aliphatic heterocycles. The van der Waals surface area contributed by atoms with Gasteiger partial charge in [-0.1, -0.05) is 23.8 Å². The SMILES string of the molecule is Cc1ccc2c(c1)CCC(N)=C2. The number of benzene rings is 1. The van der Waals surface area contributed by atoms with E-state index in [9.17, 15) is 0 Å². The van der Waals surface area contributed by atoms with Crippen LogP contribution in [-0.4, -0.2) is 0 Å². The molecule has 1 aliphatic rings. The fourth-order valence-electron chi connectivity index (χ4n) is 1.64. The highest BCUT2D eigenvalue weighted by atomic mass is 14.6. The molecule has 2 rings (SSSR count). The van der Waals surface area contributed by atoms with Gasteiger partial charge in [-0.25, -0.2) is 0 Å². The van der Waals surface area contributed by atoms with Crippen LogP contribution < -0.4 is 5.73 Å². The van der Waals surface area contributed by atoms with E-state index in [0.29, 0.717) is 0 Å². The Morgan fingerprint density at radius 1 is 1.25 bits per heavy atom. The third-order valence-electron chi connectivity index (χ3n) is 2.32. The summed E-state index contributed by atoms with van der Waals surface area (Å²) in [6.45, 7) is 2.13. The van der Waals surface area contributed by atoms with Gasteiger partial charge in [0.2, 0.25) is 0 Å². The number of rotatable bonds is 0. The van der Waals surface area contributed by atoms with Crippen LogP contribution in [0.3, 0.4) is 0 Å². The van der Waals surface area contributed by atoms with Crippen LogP contribution in [0.4, 0.5) is 0 Å². The zero-order chi connectivity index (χ0) is 8.55. The van der Waals surface area contributed by atoms with Gasteiger partial charge in [0.05, 0.1) is 0 Å². The summed E-state index contributed by atoms with van der Waals surface area (Å²) in [5.74, 6) is 0. The van der Waals surface area contributed by atoms with Crippen LogP contribution in [0.1, 0.15) is 23.1 Å². The van der Waals surface area contributed by atoms with Gasteiger partial charge < -0.3 is 5.73 Å². The van der Waals surface area contributed by atoms with Crippen molar-refractivity contribution in [1.82, 2.24) is 0 Å². The van der Waals surface area contributed by atoms with E-state index < -0.39 is 0 Å². The number of hydrogen-bond acceptors (Lipinski definition) is 1. The summed E-state index contributed by atoms with van der Waals surface area (Å²) in [5, 5.41) is 0. The van der Waals surface area contributed by atoms with Crippen molar-refractivity contribution in [3.05, 3.63) is 40.6 Å². The summed E-state index contributed by atoms with van der Waals surface area (Å²) >= 11 is 0. The monoisotopic (exact) mass is 159 g/mol. The molecular formula is C11H13N. The standard InChI is InChI=1S/C11H13N/c1-8-2-3-10-7-11(12)5-4-9(10)6-8/h2-3,6-7H,4-5,12H2,1H3. The molecule has 0 saturated carbocycles. The van der Waals surface area contributed by atoms with Crippen molar-refractivity contribution < 1.29 is 0 Å². The van der Waals surface area contributed by atoms with Crippen molar-refractivity contribution in [1.29, 1.82) is 0 Å². The van der Waals surface area contributed by atoms with Gasteiger partial charge >= 0.3 is 0 Å². The first-order valence-electron chi connectivity index (χ1n) is 4.31.